The minimum atomic E-state index is -0.492. The van der Waals surface area contributed by atoms with Gasteiger partial charge < -0.3 is 5.73 Å². The third-order valence-corrected chi connectivity index (χ3v) is 4.85. The lowest BCUT2D eigenvalue weighted by molar-refractivity contribution is -0.117. The number of primary amides is 1. The van der Waals surface area contributed by atoms with Crippen molar-refractivity contribution in [2.24, 2.45) is 5.73 Å². The van der Waals surface area contributed by atoms with E-state index in [9.17, 15) is 9.59 Å². The molecule has 0 spiro atoms. The first-order chi connectivity index (χ1) is 11.5. The van der Waals surface area contributed by atoms with E-state index in [0.717, 1.165) is 11.3 Å². The zero-order valence-electron chi connectivity index (χ0n) is 13.4. The number of fused-ring (bicyclic) bond motifs is 1. The van der Waals surface area contributed by atoms with Crippen LogP contribution in [-0.4, -0.2) is 20.7 Å². The van der Waals surface area contributed by atoms with Crippen molar-refractivity contribution in [2.75, 3.05) is 0 Å². The van der Waals surface area contributed by atoms with E-state index in [1.807, 2.05) is 43.3 Å². The van der Waals surface area contributed by atoms with Crippen molar-refractivity contribution in [3.05, 3.63) is 64.4 Å². The Morgan fingerprint density at radius 3 is 2.54 bits per heavy atom. The molecule has 0 radical (unpaired) electrons. The molecule has 0 fully saturated rings. The number of aryl methyl sites for hydroxylation is 1. The fourth-order valence-corrected chi connectivity index (χ4v) is 3.30. The molecule has 122 valence electrons. The summed E-state index contributed by atoms with van der Waals surface area (Å²) < 4.78 is 1.56. The number of carbonyl (C=O) groups is 1. The number of nitrogens with two attached hydrogens (primary N) is 1. The molecule has 3 rings (SSSR count). The molecule has 5 nitrogen and oxygen atoms in total. The quantitative estimate of drug-likeness (QED) is 0.585. The summed E-state index contributed by atoms with van der Waals surface area (Å²) in [6.45, 7) is 3.64. The first-order valence-electron chi connectivity index (χ1n) is 7.53. The Balaban J connectivity index is 2.32. The molecule has 0 aliphatic carbocycles. The first kappa shape index (κ1) is 16.3. The average molecular weight is 339 g/mol. The number of thioether (sulfide) groups is 1. The highest BCUT2D eigenvalue weighted by atomic mass is 32.2. The Hall–Kier alpha value is -2.60. The van der Waals surface area contributed by atoms with Crippen molar-refractivity contribution < 1.29 is 4.79 Å². The van der Waals surface area contributed by atoms with E-state index in [-0.39, 0.29) is 5.56 Å². The molecular weight excluding hydrogens is 322 g/mol. The zero-order valence-corrected chi connectivity index (χ0v) is 14.2. The fraction of sp³-hybridized carbons (Fsp3) is 0.167. The second-order valence-corrected chi connectivity index (χ2v) is 6.81. The summed E-state index contributed by atoms with van der Waals surface area (Å²) in [6, 6.07) is 14.8. The second-order valence-electron chi connectivity index (χ2n) is 5.50. The number of para-hydroxylation sites is 2. The van der Waals surface area contributed by atoms with Gasteiger partial charge in [0.2, 0.25) is 5.91 Å². The van der Waals surface area contributed by atoms with E-state index in [4.69, 9.17) is 5.73 Å². The third-order valence-electron chi connectivity index (χ3n) is 3.78. The molecule has 24 heavy (non-hydrogen) atoms. The van der Waals surface area contributed by atoms with Crippen molar-refractivity contribution in [1.29, 1.82) is 0 Å². The summed E-state index contributed by atoms with van der Waals surface area (Å²) in [5.74, 6) is -0.446. The number of nitrogens with zero attached hydrogens (tertiary/aromatic N) is 2. The number of rotatable bonds is 4. The largest absolute Gasteiger partial charge is 0.369 e. The average Bonchev–Trinajstić information content (AvgIpc) is 2.56. The Morgan fingerprint density at radius 2 is 1.83 bits per heavy atom. The van der Waals surface area contributed by atoms with Crippen LogP contribution in [0.3, 0.4) is 0 Å². The number of aromatic nitrogens is 2. The lowest BCUT2D eigenvalue weighted by atomic mass is 10.2. The van der Waals surface area contributed by atoms with Gasteiger partial charge in [0.15, 0.2) is 5.16 Å². The number of hydrogen-bond donors (Lipinski definition) is 1. The Morgan fingerprint density at radius 1 is 1.17 bits per heavy atom. The second kappa shape index (κ2) is 6.49. The molecule has 2 N–H and O–H groups in total. The molecule has 0 aliphatic heterocycles. The smallest absolute Gasteiger partial charge is 0.266 e. The molecule has 3 aromatic rings. The summed E-state index contributed by atoms with van der Waals surface area (Å²) in [4.78, 5) is 29.1. The highest BCUT2D eigenvalue weighted by molar-refractivity contribution is 8.00. The molecule has 1 aromatic heterocycles. The monoisotopic (exact) mass is 339 g/mol. The number of benzene rings is 2. The van der Waals surface area contributed by atoms with Crippen molar-refractivity contribution in [3.63, 3.8) is 0 Å². The van der Waals surface area contributed by atoms with Crippen LogP contribution in [0.25, 0.3) is 16.6 Å². The van der Waals surface area contributed by atoms with Crippen LogP contribution >= 0.6 is 11.8 Å². The lowest BCUT2D eigenvalue weighted by Gasteiger charge is -2.16. The molecular formula is C18H17N3O2S. The lowest BCUT2D eigenvalue weighted by Crippen LogP contribution is -2.26. The maximum Gasteiger partial charge on any atom is 0.266 e. The molecule has 0 bridgehead atoms. The molecule has 0 aliphatic rings. The molecule has 1 unspecified atom stereocenters. The number of amides is 1. The normalized spacial score (nSPS) is 12.2. The van der Waals surface area contributed by atoms with Crippen LogP contribution in [0, 0.1) is 6.92 Å². The molecule has 2 aromatic carbocycles. The third kappa shape index (κ3) is 2.92. The van der Waals surface area contributed by atoms with Gasteiger partial charge in [-0.1, -0.05) is 42.1 Å². The predicted octanol–water partition coefficient (Wildman–Crippen LogP) is 2.66. The minimum Gasteiger partial charge on any atom is -0.369 e. The summed E-state index contributed by atoms with van der Waals surface area (Å²) in [7, 11) is 0. The van der Waals surface area contributed by atoms with E-state index >= 15 is 0 Å². The maximum atomic E-state index is 13.0. The van der Waals surface area contributed by atoms with Gasteiger partial charge in [0, 0.05) is 0 Å². The summed E-state index contributed by atoms with van der Waals surface area (Å²) in [5, 5.41) is 0.504. The van der Waals surface area contributed by atoms with E-state index in [2.05, 4.69) is 4.98 Å². The van der Waals surface area contributed by atoms with Gasteiger partial charge in [0.05, 0.1) is 21.8 Å². The summed E-state index contributed by atoms with van der Waals surface area (Å²) in [6.07, 6.45) is 0. The van der Waals surface area contributed by atoms with Gasteiger partial charge in [-0.05, 0) is 37.6 Å². The van der Waals surface area contributed by atoms with Crippen molar-refractivity contribution >= 4 is 28.6 Å². The molecule has 0 saturated heterocycles. The zero-order chi connectivity index (χ0) is 17.3. The topological polar surface area (TPSA) is 78.0 Å². The summed E-state index contributed by atoms with van der Waals surface area (Å²) in [5.41, 5.74) is 7.52. The van der Waals surface area contributed by atoms with Gasteiger partial charge in [-0.2, -0.15) is 0 Å². The van der Waals surface area contributed by atoms with E-state index in [1.165, 1.54) is 11.8 Å². The number of hydrogen-bond acceptors (Lipinski definition) is 4. The van der Waals surface area contributed by atoms with E-state index in [1.54, 1.807) is 23.6 Å². The van der Waals surface area contributed by atoms with E-state index in [0.29, 0.717) is 16.1 Å². The van der Waals surface area contributed by atoms with Crippen molar-refractivity contribution in [1.82, 2.24) is 9.55 Å². The Bertz CT molecular complexity index is 981. The van der Waals surface area contributed by atoms with Crippen LogP contribution in [-0.2, 0) is 4.79 Å². The van der Waals surface area contributed by atoms with Crippen LogP contribution in [0.15, 0.2) is 58.5 Å². The van der Waals surface area contributed by atoms with Crippen molar-refractivity contribution in [3.8, 4) is 5.69 Å². The Labute approximate surface area is 143 Å². The highest BCUT2D eigenvalue weighted by Gasteiger charge is 2.19. The molecule has 1 heterocycles. The summed E-state index contributed by atoms with van der Waals surface area (Å²) >= 11 is 1.19. The molecule has 6 heteroatoms. The van der Waals surface area contributed by atoms with Gasteiger partial charge in [-0.15, -0.1) is 0 Å². The number of carbonyl (C=O) groups excluding carboxylic acids is 1. The van der Waals surface area contributed by atoms with Gasteiger partial charge in [-0.3, -0.25) is 14.2 Å². The SMILES string of the molecule is Cc1ccccc1-n1c(SC(C)C(N)=O)nc2ccccc2c1=O. The molecule has 1 atom stereocenters. The van der Waals surface area contributed by atoms with Crippen LogP contribution in [0.2, 0.25) is 0 Å². The predicted molar refractivity (Wildman–Crippen MR) is 96.6 cm³/mol. The van der Waals surface area contributed by atoms with E-state index < -0.39 is 11.2 Å². The fourth-order valence-electron chi connectivity index (χ4n) is 2.43. The van der Waals surface area contributed by atoms with Crippen molar-refractivity contribution in [2.45, 2.75) is 24.3 Å². The molecule has 1 amide bonds. The minimum absolute atomic E-state index is 0.158. The van der Waals surface area contributed by atoms with Crippen LogP contribution < -0.4 is 11.3 Å². The Kier molecular flexibility index (Phi) is 4.40. The van der Waals surface area contributed by atoms with Gasteiger partial charge >= 0.3 is 0 Å². The van der Waals surface area contributed by atoms with Gasteiger partial charge in [0.25, 0.3) is 5.56 Å². The molecule has 0 saturated carbocycles. The standard InChI is InChI=1S/C18H17N3O2S/c1-11-7-3-6-10-15(11)21-17(23)13-8-4-5-9-14(13)20-18(21)24-12(2)16(19)22/h3-10,12H,1-2H3,(H2,19,22). The maximum absolute atomic E-state index is 13.0. The van der Waals surface area contributed by atoms with Gasteiger partial charge in [0.1, 0.15) is 0 Å². The van der Waals surface area contributed by atoms with Crippen LogP contribution in [0.1, 0.15) is 12.5 Å². The first-order valence-corrected chi connectivity index (χ1v) is 8.41. The van der Waals surface area contributed by atoms with Crippen LogP contribution in [0.5, 0.6) is 0 Å². The highest BCUT2D eigenvalue weighted by Crippen LogP contribution is 2.25. The van der Waals surface area contributed by atoms with Gasteiger partial charge in [-0.25, -0.2) is 4.98 Å². The van der Waals surface area contributed by atoms with Crippen LogP contribution in [0.4, 0.5) is 0 Å².